The zero-order valence-electron chi connectivity index (χ0n) is 15.5. The molecule has 0 aromatic heterocycles. The first-order valence-corrected chi connectivity index (χ1v) is 8.80. The molecular weight excluding hydrogens is 342 g/mol. The fraction of sp³-hybridized carbons (Fsp3) is 0.273. The first kappa shape index (κ1) is 18.9. The molecule has 1 heterocycles. The van der Waals surface area contributed by atoms with Gasteiger partial charge in [-0.15, -0.1) is 0 Å². The molecule has 140 valence electrons. The zero-order chi connectivity index (χ0) is 19.6. The molecule has 1 aliphatic rings. The zero-order valence-corrected chi connectivity index (χ0v) is 15.5. The SMILES string of the molecule is C=C(C(=O)OC)[C@@H](c1ccccc1)[C@]1(O)CN([C@@H](C)c2ccccc2)C1=O. The molecule has 0 saturated carbocycles. The van der Waals surface area contributed by atoms with E-state index in [9.17, 15) is 14.7 Å². The van der Waals surface area contributed by atoms with E-state index >= 15 is 0 Å². The van der Waals surface area contributed by atoms with Gasteiger partial charge in [0, 0.05) is 5.57 Å². The molecule has 0 radical (unpaired) electrons. The third-order valence-electron chi connectivity index (χ3n) is 5.20. The highest BCUT2D eigenvalue weighted by molar-refractivity contribution is 5.98. The number of hydrogen-bond donors (Lipinski definition) is 1. The van der Waals surface area contributed by atoms with Crippen LogP contribution in [0.25, 0.3) is 0 Å². The van der Waals surface area contributed by atoms with Crippen LogP contribution in [-0.2, 0) is 14.3 Å². The van der Waals surface area contributed by atoms with Crippen LogP contribution in [0.2, 0.25) is 0 Å². The van der Waals surface area contributed by atoms with E-state index in [0.29, 0.717) is 5.56 Å². The van der Waals surface area contributed by atoms with E-state index in [1.165, 1.54) is 7.11 Å². The topological polar surface area (TPSA) is 66.8 Å². The second-order valence-electron chi connectivity index (χ2n) is 6.80. The Hall–Kier alpha value is -2.92. The number of likely N-dealkylation sites (tertiary alicyclic amines) is 1. The first-order chi connectivity index (χ1) is 12.9. The molecular formula is C22H23NO4. The lowest BCUT2D eigenvalue weighted by molar-refractivity contribution is -0.183. The second-order valence-corrected chi connectivity index (χ2v) is 6.80. The summed E-state index contributed by atoms with van der Waals surface area (Å²) in [4.78, 5) is 26.7. The van der Waals surface area contributed by atoms with Gasteiger partial charge in [0.05, 0.1) is 25.6 Å². The average Bonchev–Trinajstić information content (AvgIpc) is 2.72. The molecule has 2 aromatic carbocycles. The number of ether oxygens (including phenoxy) is 1. The van der Waals surface area contributed by atoms with Crippen LogP contribution in [0.5, 0.6) is 0 Å². The molecule has 1 N–H and O–H groups in total. The number of β-amino-alcohol motifs (C(OH)–C–C–N with tert-alkyl or cyclic N) is 1. The molecule has 0 bridgehead atoms. The Bertz CT molecular complexity index is 849. The lowest BCUT2D eigenvalue weighted by atomic mass is 9.71. The number of carbonyl (C=O) groups is 2. The summed E-state index contributed by atoms with van der Waals surface area (Å²) in [6.45, 7) is 5.83. The Morgan fingerprint density at radius 1 is 1.11 bits per heavy atom. The summed E-state index contributed by atoms with van der Waals surface area (Å²) in [6.07, 6.45) is 0. The maximum atomic E-state index is 13.0. The maximum Gasteiger partial charge on any atom is 0.333 e. The Labute approximate surface area is 158 Å². The van der Waals surface area contributed by atoms with Crippen LogP contribution in [0.15, 0.2) is 72.8 Å². The van der Waals surface area contributed by atoms with Crippen LogP contribution in [-0.4, -0.2) is 41.1 Å². The van der Waals surface area contributed by atoms with Gasteiger partial charge in [0.15, 0.2) is 5.60 Å². The minimum atomic E-state index is -1.73. The van der Waals surface area contributed by atoms with Gasteiger partial charge in [-0.2, -0.15) is 0 Å². The van der Waals surface area contributed by atoms with Crippen LogP contribution < -0.4 is 0 Å². The second kappa shape index (κ2) is 7.37. The summed E-state index contributed by atoms with van der Waals surface area (Å²) in [5.74, 6) is -1.92. The molecule has 27 heavy (non-hydrogen) atoms. The van der Waals surface area contributed by atoms with Crippen molar-refractivity contribution in [1.29, 1.82) is 0 Å². The van der Waals surface area contributed by atoms with Crippen LogP contribution in [0.4, 0.5) is 0 Å². The lowest BCUT2D eigenvalue weighted by Crippen LogP contribution is -2.69. The highest BCUT2D eigenvalue weighted by Crippen LogP contribution is 2.44. The third-order valence-corrected chi connectivity index (χ3v) is 5.20. The van der Waals surface area contributed by atoms with Gasteiger partial charge in [-0.25, -0.2) is 4.79 Å². The molecule has 0 spiro atoms. The minimum absolute atomic E-state index is 0.0616. The predicted octanol–water partition coefficient (Wildman–Crippen LogP) is 2.83. The smallest absolute Gasteiger partial charge is 0.333 e. The van der Waals surface area contributed by atoms with Crippen molar-refractivity contribution in [2.75, 3.05) is 13.7 Å². The summed E-state index contributed by atoms with van der Waals surface area (Å²) in [5, 5.41) is 11.2. The number of amides is 1. The number of carbonyl (C=O) groups excluding carboxylic acids is 2. The number of esters is 1. The van der Waals surface area contributed by atoms with Crippen LogP contribution in [0, 0.1) is 0 Å². The third kappa shape index (κ3) is 3.26. The normalized spacial score (nSPS) is 21.1. The average molecular weight is 365 g/mol. The van der Waals surface area contributed by atoms with E-state index in [-0.39, 0.29) is 18.2 Å². The number of methoxy groups -OCH3 is 1. The predicted molar refractivity (Wildman–Crippen MR) is 102 cm³/mol. The van der Waals surface area contributed by atoms with Crippen LogP contribution in [0.1, 0.15) is 30.0 Å². The van der Waals surface area contributed by atoms with Gasteiger partial charge in [0.25, 0.3) is 5.91 Å². The van der Waals surface area contributed by atoms with Gasteiger partial charge in [0.2, 0.25) is 0 Å². The Morgan fingerprint density at radius 3 is 2.11 bits per heavy atom. The van der Waals surface area contributed by atoms with Crippen molar-refractivity contribution >= 4 is 11.9 Å². The van der Waals surface area contributed by atoms with Crippen molar-refractivity contribution in [3.8, 4) is 0 Å². The van der Waals surface area contributed by atoms with Gasteiger partial charge < -0.3 is 14.7 Å². The summed E-state index contributed by atoms with van der Waals surface area (Å²) in [7, 11) is 1.26. The highest BCUT2D eigenvalue weighted by atomic mass is 16.5. The van der Waals surface area contributed by atoms with Crippen molar-refractivity contribution in [3.63, 3.8) is 0 Å². The van der Waals surface area contributed by atoms with E-state index in [1.807, 2.05) is 43.3 Å². The molecule has 3 atom stereocenters. The lowest BCUT2D eigenvalue weighted by Gasteiger charge is -2.51. The maximum absolute atomic E-state index is 13.0. The number of aliphatic hydroxyl groups is 1. The fourth-order valence-electron chi connectivity index (χ4n) is 3.66. The van der Waals surface area contributed by atoms with Crippen molar-refractivity contribution in [2.24, 2.45) is 0 Å². The van der Waals surface area contributed by atoms with Gasteiger partial charge >= 0.3 is 5.97 Å². The molecule has 0 aliphatic carbocycles. The molecule has 5 nitrogen and oxygen atoms in total. The highest BCUT2D eigenvalue weighted by Gasteiger charge is 2.59. The Balaban J connectivity index is 1.91. The fourth-order valence-corrected chi connectivity index (χ4v) is 3.66. The summed E-state index contributed by atoms with van der Waals surface area (Å²) >= 11 is 0. The number of benzene rings is 2. The largest absolute Gasteiger partial charge is 0.466 e. The summed E-state index contributed by atoms with van der Waals surface area (Å²) in [6, 6.07) is 18.4. The number of hydrogen-bond acceptors (Lipinski definition) is 4. The molecule has 2 aromatic rings. The Kier molecular flexibility index (Phi) is 5.15. The van der Waals surface area contributed by atoms with Crippen molar-refractivity contribution in [2.45, 2.75) is 24.5 Å². The number of nitrogens with zero attached hydrogens (tertiary/aromatic N) is 1. The first-order valence-electron chi connectivity index (χ1n) is 8.80. The van der Waals surface area contributed by atoms with Gasteiger partial charge in [0.1, 0.15) is 0 Å². The monoisotopic (exact) mass is 365 g/mol. The van der Waals surface area contributed by atoms with Crippen molar-refractivity contribution in [3.05, 3.63) is 83.9 Å². The standard InChI is InChI=1S/C22H23NO4/c1-15(20(24)27-3)19(18-12-8-5-9-13-18)22(26)14-23(21(22)25)16(2)17-10-6-4-7-11-17/h4-13,16,19,26H,1,14H2,2-3H3/t16-,19-,22+/m0/s1. The van der Waals surface area contributed by atoms with E-state index in [0.717, 1.165) is 5.56 Å². The van der Waals surface area contributed by atoms with Crippen molar-refractivity contribution < 1.29 is 19.4 Å². The Morgan fingerprint density at radius 2 is 1.63 bits per heavy atom. The van der Waals surface area contributed by atoms with E-state index in [1.54, 1.807) is 29.2 Å². The molecule has 1 amide bonds. The minimum Gasteiger partial charge on any atom is -0.466 e. The van der Waals surface area contributed by atoms with E-state index in [2.05, 4.69) is 6.58 Å². The molecule has 5 heteroatoms. The van der Waals surface area contributed by atoms with E-state index in [4.69, 9.17) is 4.74 Å². The molecule has 0 unspecified atom stereocenters. The molecule has 1 fully saturated rings. The van der Waals surface area contributed by atoms with Crippen LogP contribution in [0.3, 0.4) is 0 Å². The van der Waals surface area contributed by atoms with E-state index < -0.39 is 23.4 Å². The van der Waals surface area contributed by atoms with Crippen molar-refractivity contribution in [1.82, 2.24) is 4.90 Å². The van der Waals surface area contributed by atoms with Crippen LogP contribution >= 0.6 is 0 Å². The molecule has 1 aliphatic heterocycles. The summed E-state index contributed by atoms with van der Waals surface area (Å²) in [5.41, 5.74) is -0.0337. The summed E-state index contributed by atoms with van der Waals surface area (Å²) < 4.78 is 4.78. The molecule has 3 rings (SSSR count). The van der Waals surface area contributed by atoms with Gasteiger partial charge in [-0.3, -0.25) is 4.79 Å². The van der Waals surface area contributed by atoms with Gasteiger partial charge in [-0.1, -0.05) is 67.2 Å². The number of rotatable bonds is 6. The molecule has 1 saturated heterocycles. The quantitative estimate of drug-likeness (QED) is 0.486. The number of β-lactam (4-membered cyclic amide) rings is 1. The van der Waals surface area contributed by atoms with Gasteiger partial charge in [-0.05, 0) is 18.1 Å².